The summed E-state index contributed by atoms with van der Waals surface area (Å²) >= 11 is 0. The minimum atomic E-state index is -1.36. The molecule has 0 aromatic heterocycles. The van der Waals surface area contributed by atoms with Gasteiger partial charge in [-0.2, -0.15) is 0 Å². The third-order valence-electron chi connectivity index (χ3n) is 3.18. The molecule has 0 radical (unpaired) electrons. The van der Waals surface area contributed by atoms with Crippen LogP contribution in [0.5, 0.6) is 5.75 Å². The van der Waals surface area contributed by atoms with Gasteiger partial charge in [0.1, 0.15) is 5.75 Å². The second kappa shape index (κ2) is 6.09. The highest BCUT2D eigenvalue weighted by molar-refractivity contribution is 6.05. The number of hydrogen-bond acceptors (Lipinski definition) is 4. The molecule has 0 heterocycles. The predicted octanol–water partition coefficient (Wildman–Crippen LogP) is 2.57. The van der Waals surface area contributed by atoms with Crippen molar-refractivity contribution in [1.82, 2.24) is 0 Å². The van der Waals surface area contributed by atoms with Crippen LogP contribution in [0.25, 0.3) is 11.1 Å². The number of carbonyl (C=O) groups is 3. The third-order valence-corrected chi connectivity index (χ3v) is 3.18. The molecule has 2 N–H and O–H groups in total. The van der Waals surface area contributed by atoms with E-state index < -0.39 is 11.9 Å². The van der Waals surface area contributed by atoms with Crippen molar-refractivity contribution >= 4 is 18.2 Å². The molecule has 6 nitrogen and oxygen atoms in total. The van der Waals surface area contributed by atoms with E-state index in [-0.39, 0.29) is 22.3 Å². The van der Waals surface area contributed by atoms with Crippen molar-refractivity contribution in [2.45, 2.75) is 0 Å². The van der Waals surface area contributed by atoms with Gasteiger partial charge in [-0.05, 0) is 35.4 Å². The molecule has 0 aliphatic carbocycles. The Labute approximate surface area is 125 Å². The Bertz CT molecular complexity index is 746. The zero-order valence-corrected chi connectivity index (χ0v) is 11.6. The number of aldehydes is 1. The molecular weight excluding hydrogens is 288 g/mol. The molecule has 22 heavy (non-hydrogen) atoms. The zero-order valence-electron chi connectivity index (χ0n) is 11.6. The van der Waals surface area contributed by atoms with Gasteiger partial charge in [0, 0.05) is 5.56 Å². The third kappa shape index (κ3) is 2.80. The van der Waals surface area contributed by atoms with Gasteiger partial charge in [-0.1, -0.05) is 12.1 Å². The van der Waals surface area contributed by atoms with Gasteiger partial charge in [-0.15, -0.1) is 0 Å². The van der Waals surface area contributed by atoms with E-state index >= 15 is 0 Å². The molecule has 0 atom stereocenters. The van der Waals surface area contributed by atoms with Crippen LogP contribution < -0.4 is 4.74 Å². The molecule has 0 aliphatic rings. The molecular formula is C16H12O6. The van der Waals surface area contributed by atoms with E-state index in [0.29, 0.717) is 17.6 Å². The molecule has 0 bridgehead atoms. The molecule has 112 valence electrons. The van der Waals surface area contributed by atoms with Gasteiger partial charge in [-0.3, -0.25) is 4.79 Å². The van der Waals surface area contributed by atoms with E-state index in [9.17, 15) is 19.5 Å². The van der Waals surface area contributed by atoms with E-state index in [2.05, 4.69) is 0 Å². The van der Waals surface area contributed by atoms with E-state index in [1.807, 2.05) is 0 Å². The Morgan fingerprint density at radius 1 is 1.05 bits per heavy atom. The summed E-state index contributed by atoms with van der Waals surface area (Å²) in [6.45, 7) is 0. The van der Waals surface area contributed by atoms with Gasteiger partial charge in [0.05, 0.1) is 18.2 Å². The quantitative estimate of drug-likeness (QED) is 0.823. The number of carboxylic acids is 2. The first-order chi connectivity index (χ1) is 10.5. The first-order valence-electron chi connectivity index (χ1n) is 6.22. The highest BCUT2D eigenvalue weighted by atomic mass is 16.5. The van der Waals surface area contributed by atoms with Crippen molar-refractivity contribution in [3.05, 3.63) is 53.1 Å². The highest BCUT2D eigenvalue weighted by Crippen LogP contribution is 2.29. The Kier molecular flexibility index (Phi) is 4.22. The average molecular weight is 300 g/mol. The van der Waals surface area contributed by atoms with Crippen molar-refractivity contribution < 1.29 is 29.3 Å². The topological polar surface area (TPSA) is 101 Å². The molecule has 0 unspecified atom stereocenters. The highest BCUT2D eigenvalue weighted by Gasteiger charge is 2.19. The minimum absolute atomic E-state index is 0.0670. The monoisotopic (exact) mass is 300 g/mol. The Balaban J connectivity index is 2.73. The number of methoxy groups -OCH3 is 1. The van der Waals surface area contributed by atoms with Crippen LogP contribution in [-0.4, -0.2) is 35.5 Å². The summed E-state index contributed by atoms with van der Waals surface area (Å²) in [5.41, 5.74) is 0.153. The molecule has 6 heteroatoms. The molecule has 2 rings (SSSR count). The van der Waals surface area contributed by atoms with Crippen LogP contribution >= 0.6 is 0 Å². The maximum atomic E-state index is 11.3. The Morgan fingerprint density at radius 3 is 2.14 bits per heavy atom. The largest absolute Gasteiger partial charge is 0.497 e. The SMILES string of the molecule is COc1ccc(-c2cc(C(=O)O)cc(C(=O)O)c2C=O)cc1. The fraction of sp³-hybridized carbons (Fsp3) is 0.0625. The standard InChI is InChI=1S/C16H12O6/c1-22-11-4-2-9(3-5-11)12-6-10(15(18)19)7-13(16(20)21)14(12)8-17/h2-8H,1H3,(H,18,19)(H,20,21). The van der Waals surface area contributed by atoms with Gasteiger partial charge in [0.2, 0.25) is 0 Å². The molecule has 0 spiro atoms. The van der Waals surface area contributed by atoms with Crippen LogP contribution in [0, 0.1) is 0 Å². The average Bonchev–Trinajstić information content (AvgIpc) is 2.53. The molecule has 2 aromatic rings. The number of benzene rings is 2. The Morgan fingerprint density at radius 2 is 1.68 bits per heavy atom. The summed E-state index contributed by atoms with van der Waals surface area (Å²) in [6.07, 6.45) is 0.411. The molecule has 0 fully saturated rings. The number of rotatable bonds is 5. The van der Waals surface area contributed by atoms with Gasteiger partial charge in [0.25, 0.3) is 0 Å². The lowest BCUT2D eigenvalue weighted by Gasteiger charge is -2.10. The van der Waals surface area contributed by atoms with Crippen molar-refractivity contribution in [2.24, 2.45) is 0 Å². The van der Waals surface area contributed by atoms with Crippen molar-refractivity contribution in [1.29, 1.82) is 0 Å². The molecule has 0 saturated carbocycles. The lowest BCUT2D eigenvalue weighted by Crippen LogP contribution is -2.08. The van der Waals surface area contributed by atoms with E-state index in [1.165, 1.54) is 13.2 Å². The fourth-order valence-electron chi connectivity index (χ4n) is 2.09. The van der Waals surface area contributed by atoms with Crippen LogP contribution in [0.1, 0.15) is 31.1 Å². The lowest BCUT2D eigenvalue weighted by atomic mass is 9.93. The number of carboxylic acid groups (broad SMARTS) is 2. The Hall–Kier alpha value is -3.15. The second-order valence-corrected chi connectivity index (χ2v) is 4.44. The zero-order chi connectivity index (χ0) is 16.3. The van der Waals surface area contributed by atoms with Crippen LogP contribution in [0.3, 0.4) is 0 Å². The van der Waals surface area contributed by atoms with Crippen molar-refractivity contribution in [3.63, 3.8) is 0 Å². The van der Waals surface area contributed by atoms with Crippen molar-refractivity contribution in [2.75, 3.05) is 7.11 Å². The van der Waals surface area contributed by atoms with Crippen LogP contribution in [0.2, 0.25) is 0 Å². The molecule has 0 amide bonds. The van der Waals surface area contributed by atoms with Crippen LogP contribution in [0.15, 0.2) is 36.4 Å². The number of hydrogen-bond donors (Lipinski definition) is 2. The van der Waals surface area contributed by atoms with Crippen LogP contribution in [-0.2, 0) is 0 Å². The maximum absolute atomic E-state index is 11.3. The van der Waals surface area contributed by atoms with E-state index in [4.69, 9.17) is 9.84 Å². The first kappa shape index (κ1) is 15.2. The summed E-state index contributed by atoms with van der Waals surface area (Å²) < 4.78 is 5.03. The van der Waals surface area contributed by atoms with E-state index in [0.717, 1.165) is 6.07 Å². The summed E-state index contributed by atoms with van der Waals surface area (Å²) in [6, 6.07) is 8.77. The molecule has 2 aromatic carbocycles. The normalized spacial score (nSPS) is 10.0. The lowest BCUT2D eigenvalue weighted by molar-refractivity contribution is 0.0694. The van der Waals surface area contributed by atoms with Crippen molar-refractivity contribution in [3.8, 4) is 16.9 Å². The summed E-state index contributed by atoms with van der Waals surface area (Å²) in [4.78, 5) is 33.7. The fourth-order valence-corrected chi connectivity index (χ4v) is 2.09. The summed E-state index contributed by atoms with van der Waals surface area (Å²) in [5.74, 6) is -2.04. The summed E-state index contributed by atoms with van der Waals surface area (Å²) in [7, 11) is 1.50. The smallest absolute Gasteiger partial charge is 0.336 e. The number of carbonyl (C=O) groups excluding carboxylic acids is 1. The van der Waals surface area contributed by atoms with Gasteiger partial charge in [-0.25, -0.2) is 9.59 Å². The van der Waals surface area contributed by atoms with Gasteiger partial charge in [0.15, 0.2) is 6.29 Å². The molecule has 0 saturated heterocycles. The second-order valence-electron chi connectivity index (χ2n) is 4.44. The molecule has 0 aliphatic heterocycles. The number of ether oxygens (including phenoxy) is 1. The van der Waals surface area contributed by atoms with Crippen LogP contribution in [0.4, 0.5) is 0 Å². The van der Waals surface area contributed by atoms with Gasteiger partial charge < -0.3 is 14.9 Å². The van der Waals surface area contributed by atoms with Gasteiger partial charge >= 0.3 is 11.9 Å². The van der Waals surface area contributed by atoms with E-state index in [1.54, 1.807) is 24.3 Å². The first-order valence-corrected chi connectivity index (χ1v) is 6.22. The summed E-state index contributed by atoms with van der Waals surface area (Å²) in [5, 5.41) is 18.3. The predicted molar refractivity (Wildman–Crippen MR) is 77.7 cm³/mol. The maximum Gasteiger partial charge on any atom is 0.336 e. The minimum Gasteiger partial charge on any atom is -0.497 e. The number of aromatic carboxylic acids is 2.